The van der Waals surface area contributed by atoms with Gasteiger partial charge in [0.1, 0.15) is 0 Å². The van der Waals surface area contributed by atoms with Crippen molar-refractivity contribution in [2.24, 2.45) is 0 Å². The molecule has 2 unspecified atom stereocenters. The normalized spacial score (nSPS) is 23.7. The van der Waals surface area contributed by atoms with E-state index in [2.05, 4.69) is 4.74 Å². The van der Waals surface area contributed by atoms with E-state index in [1.54, 1.807) is 26.2 Å². The molecule has 0 spiro atoms. The zero-order valence-electron chi connectivity index (χ0n) is 9.50. The molecule has 0 aromatic carbocycles. The maximum atomic E-state index is 11.2. The van der Waals surface area contributed by atoms with Crippen LogP contribution >= 0.6 is 0 Å². The van der Waals surface area contributed by atoms with Gasteiger partial charge >= 0.3 is 12.1 Å². The number of nitrogens with zero attached hydrogens (tertiary/aromatic N) is 1. The molecule has 6 heteroatoms. The quantitative estimate of drug-likeness (QED) is 0.510. The van der Waals surface area contributed by atoms with Crippen molar-refractivity contribution in [3.05, 3.63) is 12.2 Å². The Morgan fingerprint density at radius 2 is 2.12 bits per heavy atom. The van der Waals surface area contributed by atoms with E-state index in [9.17, 15) is 9.59 Å². The average Bonchev–Trinajstić information content (AvgIpc) is 2.28. The molecule has 0 N–H and O–H groups in total. The highest BCUT2D eigenvalue weighted by molar-refractivity contribution is 5.75. The summed E-state index contributed by atoms with van der Waals surface area (Å²) in [5.74, 6) is -0.477. The second-order valence-corrected chi connectivity index (χ2v) is 3.46. The van der Waals surface area contributed by atoms with Gasteiger partial charge in [-0.15, -0.1) is 0 Å². The number of esters is 1. The maximum Gasteiger partial charge on any atom is 0.411 e. The van der Waals surface area contributed by atoms with Gasteiger partial charge in [-0.05, 0) is 6.08 Å². The molecule has 0 aromatic heterocycles. The number of carbonyl (C=O) groups is 2. The molecule has 16 heavy (non-hydrogen) atoms. The van der Waals surface area contributed by atoms with Crippen molar-refractivity contribution in [3.63, 3.8) is 0 Å². The Bertz CT molecular complexity index is 300. The maximum absolute atomic E-state index is 11.2. The van der Waals surface area contributed by atoms with Gasteiger partial charge in [-0.25, -0.2) is 9.59 Å². The van der Waals surface area contributed by atoms with Crippen LogP contribution in [0, 0.1) is 0 Å². The molecule has 1 amide bonds. The molecule has 0 radical (unpaired) electrons. The number of methoxy groups -OCH3 is 1. The minimum atomic E-state index is -0.840. The number of hydrogen-bond donors (Lipinski definition) is 0. The molecule has 90 valence electrons. The highest BCUT2D eigenvalue weighted by Crippen LogP contribution is 2.15. The van der Waals surface area contributed by atoms with Crippen LogP contribution in [0.4, 0.5) is 4.79 Å². The summed E-state index contributed by atoms with van der Waals surface area (Å²) in [5, 5.41) is 0. The molecule has 1 aliphatic heterocycles. The first-order chi connectivity index (χ1) is 7.54. The molecule has 0 bridgehead atoms. The molecular formula is C10H15NO5. The summed E-state index contributed by atoms with van der Waals surface area (Å²) in [6.45, 7) is 0. The molecular weight excluding hydrogens is 214 g/mol. The predicted octanol–water partition coefficient (Wildman–Crippen LogP) is 0.529. The Morgan fingerprint density at radius 1 is 1.44 bits per heavy atom. The average molecular weight is 229 g/mol. The summed E-state index contributed by atoms with van der Waals surface area (Å²) in [7, 11) is 4.41. The van der Waals surface area contributed by atoms with E-state index in [4.69, 9.17) is 9.47 Å². The van der Waals surface area contributed by atoms with Gasteiger partial charge in [-0.3, -0.25) is 0 Å². The Morgan fingerprint density at radius 3 is 2.69 bits per heavy atom. The van der Waals surface area contributed by atoms with Crippen molar-refractivity contribution < 1.29 is 23.8 Å². The summed E-state index contributed by atoms with van der Waals surface area (Å²) in [6, 6.07) is 0. The van der Waals surface area contributed by atoms with E-state index in [0.29, 0.717) is 6.42 Å². The summed E-state index contributed by atoms with van der Waals surface area (Å²) in [6.07, 6.45) is 1.64. The second kappa shape index (κ2) is 5.50. The number of hydrogen-bond acceptors (Lipinski definition) is 5. The van der Waals surface area contributed by atoms with Crippen LogP contribution in [0.2, 0.25) is 0 Å². The van der Waals surface area contributed by atoms with Crippen LogP contribution in [0.1, 0.15) is 6.42 Å². The van der Waals surface area contributed by atoms with Gasteiger partial charge in [0.2, 0.25) is 6.29 Å². The van der Waals surface area contributed by atoms with Gasteiger partial charge in [-0.1, -0.05) is 6.08 Å². The minimum Gasteiger partial charge on any atom is -0.467 e. The van der Waals surface area contributed by atoms with Crippen LogP contribution in [0.3, 0.4) is 0 Å². The van der Waals surface area contributed by atoms with Gasteiger partial charge < -0.3 is 19.1 Å². The van der Waals surface area contributed by atoms with Crippen molar-refractivity contribution in [1.82, 2.24) is 4.90 Å². The zero-order chi connectivity index (χ0) is 12.1. The van der Waals surface area contributed by atoms with Crippen LogP contribution in [0.25, 0.3) is 0 Å². The van der Waals surface area contributed by atoms with Crippen molar-refractivity contribution in [2.75, 3.05) is 21.2 Å². The van der Waals surface area contributed by atoms with Crippen molar-refractivity contribution in [2.45, 2.75) is 18.8 Å². The van der Waals surface area contributed by atoms with Gasteiger partial charge in [0, 0.05) is 20.5 Å². The van der Waals surface area contributed by atoms with E-state index in [0.717, 1.165) is 0 Å². The topological polar surface area (TPSA) is 65.1 Å². The van der Waals surface area contributed by atoms with Crippen molar-refractivity contribution >= 4 is 12.1 Å². The van der Waals surface area contributed by atoms with Crippen molar-refractivity contribution in [1.29, 1.82) is 0 Å². The smallest absolute Gasteiger partial charge is 0.411 e. The van der Waals surface area contributed by atoms with Gasteiger partial charge in [0.15, 0.2) is 6.10 Å². The summed E-state index contributed by atoms with van der Waals surface area (Å²) in [5.41, 5.74) is 0. The van der Waals surface area contributed by atoms with Crippen LogP contribution in [0.5, 0.6) is 0 Å². The third-order valence-electron chi connectivity index (χ3n) is 1.99. The van der Waals surface area contributed by atoms with E-state index >= 15 is 0 Å². The molecule has 1 heterocycles. The molecule has 0 saturated heterocycles. The first-order valence-corrected chi connectivity index (χ1v) is 4.82. The molecule has 0 aliphatic carbocycles. The van der Waals surface area contributed by atoms with Crippen LogP contribution in [0.15, 0.2) is 12.2 Å². The third kappa shape index (κ3) is 3.23. The predicted molar refractivity (Wildman–Crippen MR) is 54.6 cm³/mol. The number of amides is 1. The molecule has 2 atom stereocenters. The van der Waals surface area contributed by atoms with Crippen molar-refractivity contribution in [3.8, 4) is 0 Å². The SMILES string of the molecule is COC(=O)C1CC=CC(OC(=O)N(C)C)O1. The molecule has 6 nitrogen and oxygen atoms in total. The zero-order valence-corrected chi connectivity index (χ0v) is 9.50. The van der Waals surface area contributed by atoms with Gasteiger partial charge in [0.25, 0.3) is 0 Å². The fourth-order valence-corrected chi connectivity index (χ4v) is 1.13. The molecule has 0 aromatic rings. The lowest BCUT2D eigenvalue weighted by molar-refractivity contribution is -0.172. The lowest BCUT2D eigenvalue weighted by Crippen LogP contribution is -2.36. The van der Waals surface area contributed by atoms with Crippen LogP contribution in [-0.2, 0) is 19.0 Å². The lowest BCUT2D eigenvalue weighted by Gasteiger charge is -2.24. The highest BCUT2D eigenvalue weighted by Gasteiger charge is 2.27. The first-order valence-electron chi connectivity index (χ1n) is 4.82. The first kappa shape index (κ1) is 12.5. The fourth-order valence-electron chi connectivity index (χ4n) is 1.13. The molecule has 1 rings (SSSR count). The summed E-state index contributed by atoms with van der Waals surface area (Å²) >= 11 is 0. The Labute approximate surface area is 93.8 Å². The van der Waals surface area contributed by atoms with Gasteiger partial charge in [-0.2, -0.15) is 0 Å². The van der Waals surface area contributed by atoms with Gasteiger partial charge in [0.05, 0.1) is 7.11 Å². The third-order valence-corrected chi connectivity index (χ3v) is 1.99. The largest absolute Gasteiger partial charge is 0.467 e. The molecule has 0 saturated carbocycles. The fraction of sp³-hybridized carbons (Fsp3) is 0.600. The Kier molecular flexibility index (Phi) is 4.30. The second-order valence-electron chi connectivity index (χ2n) is 3.46. The summed E-state index contributed by atoms with van der Waals surface area (Å²) < 4.78 is 14.7. The number of carbonyl (C=O) groups excluding carboxylic acids is 2. The number of rotatable bonds is 2. The highest BCUT2D eigenvalue weighted by atomic mass is 16.7. The molecule has 1 aliphatic rings. The Balaban J connectivity index is 2.51. The monoisotopic (exact) mass is 229 g/mol. The van der Waals surface area contributed by atoms with Crippen LogP contribution in [-0.4, -0.2) is 50.6 Å². The Hall–Kier alpha value is -1.56. The van der Waals surface area contributed by atoms with E-state index < -0.39 is 24.5 Å². The van der Waals surface area contributed by atoms with E-state index in [-0.39, 0.29) is 0 Å². The van der Waals surface area contributed by atoms with E-state index in [1.807, 2.05) is 0 Å². The standard InChI is InChI=1S/C10H15NO5/c1-11(2)10(13)16-8-6-4-5-7(15-8)9(12)14-3/h4,6-8H,5H2,1-3H3. The lowest BCUT2D eigenvalue weighted by atomic mass is 10.2. The summed E-state index contributed by atoms with van der Waals surface area (Å²) in [4.78, 5) is 23.7. The number of ether oxygens (including phenoxy) is 3. The minimum absolute atomic E-state index is 0.419. The van der Waals surface area contributed by atoms with Crippen LogP contribution < -0.4 is 0 Å². The molecule has 0 fully saturated rings. The van der Waals surface area contributed by atoms with E-state index in [1.165, 1.54) is 12.0 Å².